The van der Waals surface area contributed by atoms with Crippen LogP contribution in [0.5, 0.6) is 5.75 Å². The topological polar surface area (TPSA) is 51.2 Å². The van der Waals surface area contributed by atoms with E-state index in [1.54, 1.807) is 25.6 Å². The van der Waals surface area contributed by atoms with Gasteiger partial charge in [-0.25, -0.2) is 0 Å². The van der Waals surface area contributed by atoms with Crippen LogP contribution >= 0.6 is 15.9 Å². The Morgan fingerprint density at radius 1 is 1.61 bits per heavy atom. The Hall–Kier alpha value is -1.10. The van der Waals surface area contributed by atoms with Crippen LogP contribution in [0, 0.1) is 5.92 Å². The van der Waals surface area contributed by atoms with E-state index in [-0.39, 0.29) is 5.91 Å². The number of rotatable bonds is 4. The minimum atomic E-state index is -0.0964. The van der Waals surface area contributed by atoms with E-state index < -0.39 is 0 Å². The van der Waals surface area contributed by atoms with Crippen molar-refractivity contribution in [2.24, 2.45) is 5.92 Å². The largest absolute Gasteiger partial charge is 0.494 e. The summed E-state index contributed by atoms with van der Waals surface area (Å²) in [7, 11) is 1.54. The summed E-state index contributed by atoms with van der Waals surface area (Å²) in [6.07, 6.45) is 6.75. The standard InChI is InChI=1S/C13H17BrN2O2/c1-18-12-8-15-6-5-10(12)13(17)16-7-9-3-2-4-11(9)14/h5-6,8-9,11H,2-4,7H2,1H3,(H,16,17). The van der Waals surface area contributed by atoms with E-state index in [1.807, 2.05) is 0 Å². The first-order chi connectivity index (χ1) is 8.72. The molecule has 1 heterocycles. The smallest absolute Gasteiger partial charge is 0.255 e. The van der Waals surface area contributed by atoms with E-state index in [1.165, 1.54) is 19.3 Å². The number of carbonyl (C=O) groups excluding carboxylic acids is 1. The Morgan fingerprint density at radius 2 is 2.44 bits per heavy atom. The Bertz CT molecular complexity index is 425. The molecule has 0 aromatic carbocycles. The number of carbonyl (C=O) groups is 1. The second-order valence-corrected chi connectivity index (χ2v) is 5.67. The van der Waals surface area contributed by atoms with E-state index in [0.717, 1.165) is 0 Å². The Kier molecular flexibility index (Phi) is 4.58. The lowest BCUT2D eigenvalue weighted by Gasteiger charge is -2.15. The molecule has 1 amide bonds. The maximum absolute atomic E-state index is 12.1. The summed E-state index contributed by atoms with van der Waals surface area (Å²) in [4.78, 5) is 16.5. The SMILES string of the molecule is COc1cnccc1C(=O)NCC1CCCC1Br. The number of ether oxygens (including phenoxy) is 1. The molecular weight excluding hydrogens is 296 g/mol. The summed E-state index contributed by atoms with van der Waals surface area (Å²) < 4.78 is 5.13. The van der Waals surface area contributed by atoms with Crippen molar-refractivity contribution >= 4 is 21.8 Å². The fourth-order valence-electron chi connectivity index (χ4n) is 2.27. The maximum Gasteiger partial charge on any atom is 0.255 e. The summed E-state index contributed by atoms with van der Waals surface area (Å²) in [5, 5.41) is 2.97. The molecule has 1 aliphatic rings. The fourth-order valence-corrected chi connectivity index (χ4v) is 3.05. The molecule has 1 aromatic rings. The molecule has 0 bridgehead atoms. The average Bonchev–Trinajstić information content (AvgIpc) is 2.81. The number of alkyl halides is 1. The van der Waals surface area contributed by atoms with Crippen molar-refractivity contribution < 1.29 is 9.53 Å². The number of halogens is 1. The molecule has 4 nitrogen and oxygen atoms in total. The van der Waals surface area contributed by atoms with Gasteiger partial charge in [-0.15, -0.1) is 0 Å². The lowest BCUT2D eigenvalue weighted by atomic mass is 10.1. The first-order valence-electron chi connectivity index (χ1n) is 6.12. The molecule has 0 spiro atoms. The van der Waals surface area contributed by atoms with E-state index in [0.29, 0.717) is 28.6 Å². The minimum Gasteiger partial charge on any atom is -0.494 e. The van der Waals surface area contributed by atoms with Gasteiger partial charge in [0.05, 0.1) is 18.9 Å². The van der Waals surface area contributed by atoms with Gasteiger partial charge in [0, 0.05) is 17.6 Å². The number of methoxy groups -OCH3 is 1. The summed E-state index contributed by atoms with van der Waals surface area (Å²) >= 11 is 3.65. The molecule has 1 aliphatic carbocycles. The lowest BCUT2D eigenvalue weighted by Crippen LogP contribution is -2.31. The highest BCUT2D eigenvalue weighted by molar-refractivity contribution is 9.09. The van der Waals surface area contributed by atoms with Crippen LogP contribution in [0.2, 0.25) is 0 Å². The van der Waals surface area contributed by atoms with E-state index in [2.05, 4.69) is 26.2 Å². The zero-order chi connectivity index (χ0) is 13.0. The number of nitrogens with zero attached hydrogens (tertiary/aromatic N) is 1. The molecule has 1 saturated carbocycles. The molecule has 18 heavy (non-hydrogen) atoms. The van der Waals surface area contributed by atoms with Crippen molar-refractivity contribution in [1.82, 2.24) is 10.3 Å². The van der Waals surface area contributed by atoms with Crippen LogP contribution in [0.25, 0.3) is 0 Å². The molecule has 0 saturated heterocycles. The van der Waals surface area contributed by atoms with Crippen molar-refractivity contribution in [2.45, 2.75) is 24.1 Å². The molecular formula is C13H17BrN2O2. The highest BCUT2D eigenvalue weighted by Gasteiger charge is 2.25. The number of hydrogen-bond donors (Lipinski definition) is 1. The molecule has 2 rings (SSSR count). The highest BCUT2D eigenvalue weighted by Crippen LogP contribution is 2.30. The van der Waals surface area contributed by atoms with E-state index in [9.17, 15) is 4.79 Å². The number of nitrogens with one attached hydrogen (secondary N) is 1. The van der Waals surface area contributed by atoms with E-state index in [4.69, 9.17) is 4.74 Å². The van der Waals surface area contributed by atoms with E-state index >= 15 is 0 Å². The van der Waals surface area contributed by atoms with Gasteiger partial charge >= 0.3 is 0 Å². The second-order valence-electron chi connectivity index (χ2n) is 4.49. The van der Waals surface area contributed by atoms with Crippen LogP contribution in [0.3, 0.4) is 0 Å². The summed E-state index contributed by atoms with van der Waals surface area (Å²) in [6, 6.07) is 1.68. The van der Waals surface area contributed by atoms with Gasteiger partial charge in [0.15, 0.2) is 0 Å². The molecule has 2 atom stereocenters. The monoisotopic (exact) mass is 312 g/mol. The average molecular weight is 313 g/mol. The van der Waals surface area contributed by atoms with Crippen LogP contribution in [-0.4, -0.2) is 29.4 Å². The van der Waals surface area contributed by atoms with Crippen molar-refractivity contribution in [3.05, 3.63) is 24.0 Å². The predicted molar refractivity (Wildman–Crippen MR) is 73.2 cm³/mol. The number of pyridine rings is 1. The normalized spacial score (nSPS) is 22.8. The third-order valence-corrected chi connectivity index (χ3v) is 4.55. The Labute approximate surface area is 115 Å². The molecule has 1 fully saturated rings. The Balaban J connectivity index is 1.95. The molecule has 5 heteroatoms. The molecule has 0 radical (unpaired) electrons. The second kappa shape index (κ2) is 6.18. The summed E-state index contributed by atoms with van der Waals surface area (Å²) in [5.74, 6) is 0.944. The zero-order valence-electron chi connectivity index (χ0n) is 10.4. The van der Waals surface area contributed by atoms with Crippen LogP contribution in [-0.2, 0) is 0 Å². The fraction of sp³-hybridized carbons (Fsp3) is 0.538. The van der Waals surface area contributed by atoms with Gasteiger partial charge < -0.3 is 10.1 Å². The van der Waals surface area contributed by atoms with Gasteiger partial charge in [-0.05, 0) is 24.8 Å². The molecule has 1 N–H and O–H groups in total. The third-order valence-electron chi connectivity index (χ3n) is 3.34. The Morgan fingerprint density at radius 3 is 3.11 bits per heavy atom. The quantitative estimate of drug-likeness (QED) is 0.868. The third kappa shape index (κ3) is 3.02. The molecule has 1 aromatic heterocycles. The molecule has 98 valence electrons. The van der Waals surface area contributed by atoms with Gasteiger partial charge in [-0.2, -0.15) is 0 Å². The van der Waals surface area contributed by atoms with Crippen molar-refractivity contribution in [2.75, 3.05) is 13.7 Å². The van der Waals surface area contributed by atoms with Crippen molar-refractivity contribution in [1.29, 1.82) is 0 Å². The number of hydrogen-bond acceptors (Lipinski definition) is 3. The van der Waals surface area contributed by atoms with Gasteiger partial charge in [-0.1, -0.05) is 22.4 Å². The lowest BCUT2D eigenvalue weighted by molar-refractivity contribution is 0.0944. The molecule has 0 aliphatic heterocycles. The summed E-state index contributed by atoms with van der Waals surface area (Å²) in [6.45, 7) is 0.709. The van der Waals surface area contributed by atoms with Crippen LogP contribution in [0.15, 0.2) is 18.5 Å². The van der Waals surface area contributed by atoms with Crippen LogP contribution in [0.4, 0.5) is 0 Å². The maximum atomic E-state index is 12.1. The zero-order valence-corrected chi connectivity index (χ0v) is 11.9. The van der Waals surface area contributed by atoms with Crippen LogP contribution < -0.4 is 10.1 Å². The van der Waals surface area contributed by atoms with Gasteiger partial charge in [-0.3, -0.25) is 9.78 Å². The highest BCUT2D eigenvalue weighted by atomic mass is 79.9. The van der Waals surface area contributed by atoms with Gasteiger partial charge in [0.25, 0.3) is 5.91 Å². The van der Waals surface area contributed by atoms with Gasteiger partial charge in [0.2, 0.25) is 0 Å². The number of aromatic nitrogens is 1. The van der Waals surface area contributed by atoms with Crippen molar-refractivity contribution in [3.63, 3.8) is 0 Å². The minimum absolute atomic E-state index is 0.0964. The predicted octanol–water partition coefficient (Wildman–Crippen LogP) is 2.38. The van der Waals surface area contributed by atoms with Crippen molar-refractivity contribution in [3.8, 4) is 5.75 Å². The summed E-state index contributed by atoms with van der Waals surface area (Å²) in [5.41, 5.74) is 0.539. The first-order valence-corrected chi connectivity index (χ1v) is 7.04. The first kappa shape index (κ1) is 13.3. The number of amides is 1. The van der Waals surface area contributed by atoms with Crippen LogP contribution in [0.1, 0.15) is 29.6 Å². The molecule has 2 unspecified atom stereocenters. The van der Waals surface area contributed by atoms with Gasteiger partial charge in [0.1, 0.15) is 5.75 Å².